The maximum absolute atomic E-state index is 11.4. The number of aliphatic carboxylic acids is 1. The fraction of sp³-hybridized carbons (Fsp3) is 0.923. The van der Waals surface area contributed by atoms with E-state index in [1.165, 1.54) is 0 Å². The molecule has 1 atom stereocenters. The average molecular weight is 244 g/mol. The summed E-state index contributed by atoms with van der Waals surface area (Å²) in [4.78, 5) is 11.4. The van der Waals surface area contributed by atoms with Crippen molar-refractivity contribution in [1.29, 1.82) is 0 Å². The molecule has 3 N–H and O–H groups in total. The van der Waals surface area contributed by atoms with E-state index < -0.39 is 17.5 Å². The van der Waals surface area contributed by atoms with Gasteiger partial charge in [-0.25, -0.2) is 0 Å². The van der Waals surface area contributed by atoms with Gasteiger partial charge < -0.3 is 15.3 Å². The first-order valence-electron chi connectivity index (χ1n) is 6.43. The Labute approximate surface area is 103 Å². The summed E-state index contributed by atoms with van der Waals surface area (Å²) in [6.07, 6.45) is 2.29. The number of rotatable bonds is 5. The second-order valence-electron chi connectivity index (χ2n) is 5.71. The van der Waals surface area contributed by atoms with Crippen molar-refractivity contribution < 1.29 is 20.1 Å². The molecule has 0 heterocycles. The maximum atomic E-state index is 11.4. The highest BCUT2D eigenvalue weighted by atomic mass is 16.4. The summed E-state index contributed by atoms with van der Waals surface area (Å²) in [5, 5.41) is 27.7. The Bertz CT molecular complexity index is 254. The SMILES string of the molecule is CC(C)C1CCC(CC(O)CO)(C(=O)O)CC1. The van der Waals surface area contributed by atoms with Crippen molar-refractivity contribution in [3.63, 3.8) is 0 Å². The van der Waals surface area contributed by atoms with E-state index in [0.29, 0.717) is 24.7 Å². The van der Waals surface area contributed by atoms with Gasteiger partial charge in [-0.1, -0.05) is 13.8 Å². The molecule has 4 nitrogen and oxygen atoms in total. The Balaban J connectivity index is 2.67. The van der Waals surface area contributed by atoms with Gasteiger partial charge in [0.2, 0.25) is 0 Å². The van der Waals surface area contributed by atoms with Gasteiger partial charge in [-0.2, -0.15) is 0 Å². The molecular formula is C13H24O4. The zero-order chi connectivity index (χ0) is 13.1. The average Bonchev–Trinajstić information content (AvgIpc) is 2.29. The zero-order valence-corrected chi connectivity index (χ0v) is 10.7. The standard InChI is InChI=1S/C13H24O4/c1-9(2)10-3-5-13(6-4-10,12(16)17)7-11(15)8-14/h9-11,14-15H,3-8H2,1-2H3,(H,16,17). The van der Waals surface area contributed by atoms with Gasteiger partial charge >= 0.3 is 5.97 Å². The van der Waals surface area contributed by atoms with Gasteiger partial charge in [0, 0.05) is 0 Å². The van der Waals surface area contributed by atoms with Crippen molar-refractivity contribution in [2.24, 2.45) is 17.3 Å². The van der Waals surface area contributed by atoms with Gasteiger partial charge in [-0.05, 0) is 43.9 Å². The Morgan fingerprint density at radius 1 is 1.35 bits per heavy atom. The molecule has 0 amide bonds. The van der Waals surface area contributed by atoms with Crippen LogP contribution in [0.15, 0.2) is 0 Å². The number of hydrogen-bond acceptors (Lipinski definition) is 3. The van der Waals surface area contributed by atoms with Crippen molar-refractivity contribution in [3.05, 3.63) is 0 Å². The zero-order valence-electron chi connectivity index (χ0n) is 10.7. The maximum Gasteiger partial charge on any atom is 0.309 e. The van der Waals surface area contributed by atoms with Crippen molar-refractivity contribution in [2.45, 2.75) is 52.1 Å². The highest BCUT2D eigenvalue weighted by Gasteiger charge is 2.43. The molecule has 0 bridgehead atoms. The summed E-state index contributed by atoms with van der Waals surface area (Å²) in [7, 11) is 0. The second-order valence-corrected chi connectivity index (χ2v) is 5.71. The summed E-state index contributed by atoms with van der Waals surface area (Å²) in [6.45, 7) is 3.98. The molecule has 0 spiro atoms. The minimum Gasteiger partial charge on any atom is -0.481 e. The van der Waals surface area contributed by atoms with Gasteiger partial charge in [0.1, 0.15) is 0 Å². The van der Waals surface area contributed by atoms with Crippen molar-refractivity contribution in [1.82, 2.24) is 0 Å². The lowest BCUT2D eigenvalue weighted by atomic mass is 9.65. The van der Waals surface area contributed by atoms with Crippen LogP contribution in [0.1, 0.15) is 46.0 Å². The summed E-state index contributed by atoms with van der Waals surface area (Å²) in [5.41, 5.74) is -0.826. The summed E-state index contributed by atoms with van der Waals surface area (Å²) >= 11 is 0. The van der Waals surface area contributed by atoms with Crippen molar-refractivity contribution >= 4 is 5.97 Å². The molecule has 1 aliphatic carbocycles. The van der Waals surface area contributed by atoms with Crippen molar-refractivity contribution in [2.75, 3.05) is 6.61 Å². The fourth-order valence-electron chi connectivity index (χ4n) is 2.88. The van der Waals surface area contributed by atoms with Crippen LogP contribution in [-0.2, 0) is 4.79 Å². The van der Waals surface area contributed by atoms with Gasteiger partial charge in [-0.15, -0.1) is 0 Å². The van der Waals surface area contributed by atoms with Gasteiger partial charge in [-0.3, -0.25) is 4.79 Å². The van der Waals surface area contributed by atoms with Crippen LogP contribution in [0, 0.1) is 17.3 Å². The molecule has 0 aromatic rings. The number of carbonyl (C=O) groups is 1. The number of hydrogen-bond donors (Lipinski definition) is 3. The van der Waals surface area contributed by atoms with Crippen LogP contribution >= 0.6 is 0 Å². The molecule has 1 rings (SSSR count). The summed E-state index contributed by atoms with van der Waals surface area (Å²) in [5.74, 6) is 0.352. The lowest BCUT2D eigenvalue weighted by molar-refractivity contribution is -0.154. The largest absolute Gasteiger partial charge is 0.481 e. The number of aliphatic hydroxyl groups excluding tert-OH is 2. The molecule has 17 heavy (non-hydrogen) atoms. The Morgan fingerprint density at radius 3 is 2.24 bits per heavy atom. The van der Waals surface area contributed by atoms with Gasteiger partial charge in [0.05, 0.1) is 18.1 Å². The third kappa shape index (κ3) is 3.42. The van der Waals surface area contributed by atoms with Crippen LogP contribution in [0.25, 0.3) is 0 Å². The Morgan fingerprint density at radius 2 is 1.88 bits per heavy atom. The molecule has 0 aromatic carbocycles. The molecule has 1 fully saturated rings. The molecule has 0 aromatic heterocycles. The lowest BCUT2D eigenvalue weighted by Gasteiger charge is -2.39. The summed E-state index contributed by atoms with van der Waals surface area (Å²) < 4.78 is 0. The second kappa shape index (κ2) is 5.83. The van der Waals surface area contributed by atoms with Crippen LogP contribution < -0.4 is 0 Å². The van der Waals surface area contributed by atoms with Crippen molar-refractivity contribution in [3.8, 4) is 0 Å². The summed E-state index contributed by atoms with van der Waals surface area (Å²) in [6, 6.07) is 0. The fourth-order valence-corrected chi connectivity index (χ4v) is 2.88. The first-order chi connectivity index (χ1) is 7.91. The third-order valence-corrected chi connectivity index (χ3v) is 4.22. The first kappa shape index (κ1) is 14.5. The Hall–Kier alpha value is -0.610. The van der Waals surface area contributed by atoms with Crippen LogP contribution in [0.4, 0.5) is 0 Å². The van der Waals surface area contributed by atoms with E-state index in [1.54, 1.807) is 0 Å². The smallest absolute Gasteiger partial charge is 0.309 e. The molecule has 1 unspecified atom stereocenters. The Kier molecular flexibility index (Phi) is 4.95. The number of carboxylic acids is 1. The van der Waals surface area contributed by atoms with E-state index in [1.807, 2.05) is 0 Å². The predicted molar refractivity (Wildman–Crippen MR) is 64.6 cm³/mol. The molecule has 0 aliphatic heterocycles. The minimum atomic E-state index is -0.915. The van der Waals surface area contributed by atoms with E-state index in [4.69, 9.17) is 5.11 Å². The molecule has 0 radical (unpaired) electrons. The number of aliphatic hydroxyl groups is 2. The molecular weight excluding hydrogens is 220 g/mol. The topological polar surface area (TPSA) is 77.8 Å². The van der Waals surface area contributed by atoms with Crippen LogP contribution in [0.3, 0.4) is 0 Å². The molecule has 0 saturated heterocycles. The lowest BCUT2D eigenvalue weighted by Crippen LogP contribution is -2.40. The quantitative estimate of drug-likeness (QED) is 0.687. The van der Waals surface area contributed by atoms with Crippen LogP contribution in [-0.4, -0.2) is 34.0 Å². The minimum absolute atomic E-state index is 0.170. The van der Waals surface area contributed by atoms with E-state index in [0.717, 1.165) is 12.8 Å². The highest BCUT2D eigenvalue weighted by Crippen LogP contribution is 2.44. The van der Waals surface area contributed by atoms with Gasteiger partial charge in [0.15, 0.2) is 0 Å². The molecule has 1 saturated carbocycles. The van der Waals surface area contributed by atoms with E-state index in [-0.39, 0.29) is 13.0 Å². The predicted octanol–water partition coefficient (Wildman–Crippen LogP) is 1.65. The van der Waals surface area contributed by atoms with Crippen LogP contribution in [0.2, 0.25) is 0 Å². The van der Waals surface area contributed by atoms with E-state index in [2.05, 4.69) is 13.8 Å². The molecule has 1 aliphatic rings. The van der Waals surface area contributed by atoms with E-state index in [9.17, 15) is 15.0 Å². The first-order valence-corrected chi connectivity index (χ1v) is 6.43. The monoisotopic (exact) mass is 244 g/mol. The highest BCUT2D eigenvalue weighted by molar-refractivity contribution is 5.74. The molecule has 4 heteroatoms. The van der Waals surface area contributed by atoms with E-state index >= 15 is 0 Å². The molecule has 100 valence electrons. The number of carboxylic acid groups (broad SMARTS) is 1. The van der Waals surface area contributed by atoms with Crippen LogP contribution in [0.5, 0.6) is 0 Å². The normalized spacial score (nSPS) is 31.5. The van der Waals surface area contributed by atoms with Gasteiger partial charge in [0.25, 0.3) is 0 Å². The third-order valence-electron chi connectivity index (χ3n) is 4.22.